The molecule has 0 radical (unpaired) electrons. The molecule has 0 aliphatic carbocycles. The quantitative estimate of drug-likeness (QED) is 0.359. The highest BCUT2D eigenvalue weighted by Gasteiger charge is 2.22. The van der Waals surface area contributed by atoms with Crippen molar-refractivity contribution >= 4 is 73.2 Å². The largest absolute Gasteiger partial charge is 0.337 e. The maximum Gasteiger partial charge on any atom is 0.264 e. The first kappa shape index (κ1) is 20.7. The van der Waals surface area contributed by atoms with Crippen molar-refractivity contribution in [2.24, 2.45) is 0 Å². The van der Waals surface area contributed by atoms with Crippen molar-refractivity contribution in [3.63, 3.8) is 0 Å². The summed E-state index contributed by atoms with van der Waals surface area (Å²) in [6, 6.07) is 18.2. The highest BCUT2D eigenvalue weighted by Crippen LogP contribution is 2.30. The van der Waals surface area contributed by atoms with Gasteiger partial charge in [0.25, 0.3) is 10.0 Å². The van der Waals surface area contributed by atoms with Crippen molar-refractivity contribution in [3.05, 3.63) is 81.8 Å². The average molecular weight is 480 g/mol. The minimum Gasteiger partial charge on any atom is -0.337 e. The lowest BCUT2D eigenvalue weighted by Crippen LogP contribution is -2.16. The van der Waals surface area contributed by atoms with Gasteiger partial charge in [0, 0.05) is 15.7 Å². The molecule has 0 amide bonds. The fraction of sp³-hybridized carbons (Fsp3) is 0. The summed E-state index contributed by atoms with van der Waals surface area (Å²) >= 11 is 18.0. The lowest BCUT2D eigenvalue weighted by Gasteiger charge is -2.14. The van der Waals surface area contributed by atoms with Gasteiger partial charge < -0.3 is 5.32 Å². The first-order chi connectivity index (χ1) is 14.3. The van der Waals surface area contributed by atoms with E-state index >= 15 is 0 Å². The van der Waals surface area contributed by atoms with Crippen LogP contribution in [0.4, 0.5) is 17.3 Å². The number of nitrogens with zero attached hydrogens (tertiary/aromatic N) is 2. The molecule has 6 nitrogen and oxygen atoms in total. The van der Waals surface area contributed by atoms with Crippen LogP contribution in [0.5, 0.6) is 0 Å². The van der Waals surface area contributed by atoms with Crippen LogP contribution in [0.25, 0.3) is 11.0 Å². The zero-order valence-electron chi connectivity index (χ0n) is 15.1. The molecular weight excluding hydrogens is 467 g/mol. The number of sulfonamides is 1. The van der Waals surface area contributed by atoms with E-state index in [1.54, 1.807) is 42.5 Å². The van der Waals surface area contributed by atoms with Crippen LogP contribution < -0.4 is 10.0 Å². The predicted molar refractivity (Wildman–Crippen MR) is 122 cm³/mol. The molecule has 0 saturated heterocycles. The van der Waals surface area contributed by atoms with Crippen molar-refractivity contribution in [2.45, 2.75) is 4.90 Å². The molecule has 4 aromatic rings. The lowest BCUT2D eigenvalue weighted by atomic mass is 10.3. The van der Waals surface area contributed by atoms with Crippen LogP contribution in [0, 0.1) is 0 Å². The second kappa shape index (κ2) is 8.28. The Morgan fingerprint density at radius 1 is 0.733 bits per heavy atom. The van der Waals surface area contributed by atoms with E-state index in [2.05, 4.69) is 20.0 Å². The molecule has 3 aromatic carbocycles. The van der Waals surface area contributed by atoms with Gasteiger partial charge in [0.2, 0.25) is 0 Å². The molecule has 0 aliphatic heterocycles. The predicted octanol–water partition coefficient (Wildman–Crippen LogP) is 6.13. The van der Waals surface area contributed by atoms with Crippen LogP contribution in [0.15, 0.2) is 71.6 Å². The number of aromatic nitrogens is 2. The summed E-state index contributed by atoms with van der Waals surface area (Å²) in [6.45, 7) is 0. The molecule has 0 saturated carbocycles. The summed E-state index contributed by atoms with van der Waals surface area (Å²) in [5.41, 5.74) is 1.77. The number of para-hydroxylation sites is 2. The molecule has 1 aromatic heterocycles. The second-order valence-corrected chi connectivity index (χ2v) is 9.15. The van der Waals surface area contributed by atoms with E-state index in [1.165, 1.54) is 18.2 Å². The topological polar surface area (TPSA) is 84.0 Å². The van der Waals surface area contributed by atoms with E-state index < -0.39 is 10.0 Å². The number of anilines is 3. The molecular formula is C20H13Cl3N4O2S. The van der Waals surface area contributed by atoms with Gasteiger partial charge in [0.1, 0.15) is 4.90 Å². The number of hydrogen-bond donors (Lipinski definition) is 2. The molecule has 0 fully saturated rings. The third-order valence-electron chi connectivity index (χ3n) is 4.09. The van der Waals surface area contributed by atoms with Crippen LogP contribution in [0.3, 0.4) is 0 Å². The number of fused-ring (bicyclic) bond motifs is 1. The van der Waals surface area contributed by atoms with Gasteiger partial charge in [-0.3, -0.25) is 4.72 Å². The van der Waals surface area contributed by atoms with Gasteiger partial charge in [0.15, 0.2) is 11.6 Å². The van der Waals surface area contributed by atoms with Gasteiger partial charge in [-0.05, 0) is 54.6 Å². The van der Waals surface area contributed by atoms with E-state index in [4.69, 9.17) is 34.8 Å². The van der Waals surface area contributed by atoms with Crippen molar-refractivity contribution in [2.75, 3.05) is 10.0 Å². The molecule has 30 heavy (non-hydrogen) atoms. The van der Waals surface area contributed by atoms with E-state index in [9.17, 15) is 8.42 Å². The van der Waals surface area contributed by atoms with Crippen molar-refractivity contribution in [1.29, 1.82) is 0 Å². The molecule has 0 spiro atoms. The fourth-order valence-electron chi connectivity index (χ4n) is 2.69. The van der Waals surface area contributed by atoms with Gasteiger partial charge in [-0.25, -0.2) is 18.4 Å². The zero-order valence-corrected chi connectivity index (χ0v) is 18.2. The summed E-state index contributed by atoms with van der Waals surface area (Å²) in [5, 5.41) is 3.92. The maximum atomic E-state index is 13.0. The molecule has 0 atom stereocenters. The molecule has 1 heterocycles. The number of hydrogen-bond acceptors (Lipinski definition) is 5. The van der Waals surface area contributed by atoms with Gasteiger partial charge in [-0.1, -0.05) is 46.9 Å². The summed E-state index contributed by atoms with van der Waals surface area (Å²) in [5.74, 6) is 0.234. The first-order valence-electron chi connectivity index (χ1n) is 8.59. The Kier molecular flexibility index (Phi) is 5.71. The van der Waals surface area contributed by atoms with Crippen molar-refractivity contribution in [3.8, 4) is 0 Å². The van der Waals surface area contributed by atoms with Crippen LogP contribution in [-0.2, 0) is 10.0 Å². The zero-order chi connectivity index (χ0) is 21.3. The van der Waals surface area contributed by atoms with Gasteiger partial charge in [-0.15, -0.1) is 0 Å². The minimum absolute atomic E-state index is 0.0136. The smallest absolute Gasteiger partial charge is 0.264 e. The number of nitrogens with one attached hydrogen (secondary N) is 2. The Morgan fingerprint density at radius 3 is 2.00 bits per heavy atom. The Hall–Kier alpha value is -2.58. The third kappa shape index (κ3) is 4.44. The van der Waals surface area contributed by atoms with Crippen molar-refractivity contribution in [1.82, 2.24) is 9.97 Å². The van der Waals surface area contributed by atoms with E-state index in [1.807, 2.05) is 6.07 Å². The van der Waals surface area contributed by atoms with Crippen LogP contribution in [0.1, 0.15) is 0 Å². The highest BCUT2D eigenvalue weighted by atomic mass is 35.5. The maximum absolute atomic E-state index is 13.0. The minimum atomic E-state index is -4.09. The molecule has 0 bridgehead atoms. The average Bonchev–Trinajstić information content (AvgIpc) is 2.71. The second-order valence-electron chi connectivity index (χ2n) is 6.22. The number of halogens is 3. The van der Waals surface area contributed by atoms with Crippen LogP contribution >= 0.6 is 34.8 Å². The molecule has 0 aliphatic rings. The molecule has 152 valence electrons. The third-order valence-corrected chi connectivity index (χ3v) is 6.40. The monoisotopic (exact) mass is 478 g/mol. The number of benzene rings is 3. The summed E-state index contributed by atoms with van der Waals surface area (Å²) in [7, 11) is -4.09. The van der Waals surface area contributed by atoms with Crippen LogP contribution in [0.2, 0.25) is 15.1 Å². The van der Waals surface area contributed by atoms with Crippen molar-refractivity contribution < 1.29 is 8.42 Å². The standard InChI is InChI=1S/C20H13Cl3N4O2S/c21-12-5-8-14(9-6-12)24-19-20(26-17-4-2-1-3-16(17)25-19)27-30(28,29)18-11-13(22)7-10-15(18)23/h1-11H,(H,24,25)(H,26,27). The summed E-state index contributed by atoms with van der Waals surface area (Å²) in [4.78, 5) is 8.79. The number of rotatable bonds is 5. The van der Waals surface area contributed by atoms with E-state index in [-0.39, 0.29) is 26.6 Å². The fourth-order valence-corrected chi connectivity index (χ4v) is 4.59. The summed E-state index contributed by atoms with van der Waals surface area (Å²) < 4.78 is 28.4. The molecule has 2 N–H and O–H groups in total. The van der Waals surface area contributed by atoms with E-state index in [0.717, 1.165) is 0 Å². The SMILES string of the molecule is O=S(=O)(Nc1nc2ccccc2nc1Nc1ccc(Cl)cc1)c1cc(Cl)ccc1Cl. The Bertz CT molecular complexity index is 1350. The highest BCUT2D eigenvalue weighted by molar-refractivity contribution is 7.92. The first-order valence-corrected chi connectivity index (χ1v) is 11.2. The van der Waals surface area contributed by atoms with E-state index in [0.29, 0.717) is 21.7 Å². The lowest BCUT2D eigenvalue weighted by molar-refractivity contribution is 0.601. The Morgan fingerprint density at radius 2 is 1.33 bits per heavy atom. The summed E-state index contributed by atoms with van der Waals surface area (Å²) in [6.07, 6.45) is 0. The Balaban J connectivity index is 1.80. The Labute approximate surface area is 187 Å². The van der Waals surface area contributed by atoms with Gasteiger partial charge in [0.05, 0.1) is 16.1 Å². The molecule has 4 rings (SSSR count). The van der Waals surface area contributed by atoms with Crippen LogP contribution in [-0.4, -0.2) is 18.4 Å². The van der Waals surface area contributed by atoms with Gasteiger partial charge in [-0.2, -0.15) is 0 Å². The molecule has 10 heteroatoms. The molecule has 0 unspecified atom stereocenters. The normalized spacial score (nSPS) is 11.4. The van der Waals surface area contributed by atoms with Gasteiger partial charge >= 0.3 is 0 Å².